The fraction of sp³-hybridized carbons (Fsp3) is 0.250. The van der Waals surface area contributed by atoms with Crippen molar-refractivity contribution >= 4 is 17.3 Å². The van der Waals surface area contributed by atoms with Crippen LogP contribution in [0.4, 0.5) is 5.69 Å². The average Bonchev–Trinajstić information content (AvgIpc) is 2.95. The van der Waals surface area contributed by atoms with Gasteiger partial charge in [-0.25, -0.2) is 0 Å². The van der Waals surface area contributed by atoms with Gasteiger partial charge in [0.15, 0.2) is 11.5 Å². The molecule has 0 saturated heterocycles. The number of fused-ring (bicyclic) bond motifs is 1. The Labute approximate surface area is 128 Å². The number of hydrogen-bond acceptors (Lipinski definition) is 4. The van der Waals surface area contributed by atoms with Crippen LogP contribution in [0.1, 0.15) is 17.2 Å². The molecular weight excluding hydrogens is 288 g/mol. The Morgan fingerprint density at radius 2 is 2.00 bits per heavy atom. The number of benzene rings is 2. The van der Waals surface area contributed by atoms with E-state index in [1.165, 1.54) is 5.56 Å². The van der Waals surface area contributed by atoms with Crippen LogP contribution in [-0.2, 0) is 0 Å². The Bertz CT molecular complexity index is 643. The van der Waals surface area contributed by atoms with E-state index in [1.54, 1.807) is 0 Å². The second-order valence-corrected chi connectivity index (χ2v) is 5.44. The van der Waals surface area contributed by atoms with E-state index in [4.69, 9.17) is 26.8 Å². The van der Waals surface area contributed by atoms with E-state index in [0.29, 0.717) is 23.1 Å². The molecule has 1 unspecified atom stereocenters. The monoisotopic (exact) mass is 304 g/mol. The van der Waals surface area contributed by atoms with Crippen molar-refractivity contribution in [2.45, 2.75) is 13.0 Å². The summed E-state index contributed by atoms with van der Waals surface area (Å²) in [7, 11) is 0. The van der Waals surface area contributed by atoms with E-state index in [0.717, 1.165) is 11.3 Å². The molecule has 0 aliphatic carbocycles. The van der Waals surface area contributed by atoms with Crippen LogP contribution in [0.2, 0.25) is 5.02 Å². The van der Waals surface area contributed by atoms with E-state index >= 15 is 0 Å². The number of anilines is 1. The first-order chi connectivity index (χ1) is 10.2. The van der Waals surface area contributed by atoms with Crippen LogP contribution >= 0.6 is 11.6 Å². The van der Waals surface area contributed by atoms with Gasteiger partial charge < -0.3 is 20.5 Å². The predicted octanol–water partition coefficient (Wildman–Crippen LogP) is 3.49. The minimum Gasteiger partial charge on any atom is -0.454 e. The molecule has 0 saturated carbocycles. The zero-order valence-corrected chi connectivity index (χ0v) is 12.5. The van der Waals surface area contributed by atoms with Gasteiger partial charge in [-0.1, -0.05) is 29.3 Å². The fourth-order valence-electron chi connectivity index (χ4n) is 2.32. The summed E-state index contributed by atoms with van der Waals surface area (Å²) in [5, 5.41) is 3.96. The number of halogens is 1. The molecule has 2 aromatic rings. The lowest BCUT2D eigenvalue weighted by atomic mass is 10.1. The number of rotatable bonds is 4. The summed E-state index contributed by atoms with van der Waals surface area (Å²) in [6, 6.07) is 11.9. The molecule has 0 aromatic heterocycles. The lowest BCUT2D eigenvalue weighted by Gasteiger charge is -2.19. The quantitative estimate of drug-likeness (QED) is 0.908. The van der Waals surface area contributed by atoms with Crippen LogP contribution in [0.5, 0.6) is 11.5 Å². The van der Waals surface area contributed by atoms with Crippen molar-refractivity contribution in [3.8, 4) is 11.5 Å². The Morgan fingerprint density at radius 3 is 2.71 bits per heavy atom. The van der Waals surface area contributed by atoms with Crippen LogP contribution in [0.15, 0.2) is 36.4 Å². The number of hydrogen-bond donors (Lipinski definition) is 2. The Kier molecular flexibility index (Phi) is 3.90. The molecular formula is C16H17ClN2O2. The smallest absolute Gasteiger partial charge is 0.231 e. The molecule has 110 valence electrons. The van der Waals surface area contributed by atoms with Gasteiger partial charge in [0.25, 0.3) is 0 Å². The van der Waals surface area contributed by atoms with Crippen molar-refractivity contribution in [1.29, 1.82) is 0 Å². The van der Waals surface area contributed by atoms with Gasteiger partial charge in [-0.3, -0.25) is 0 Å². The zero-order valence-electron chi connectivity index (χ0n) is 11.7. The first-order valence-corrected chi connectivity index (χ1v) is 7.17. The molecule has 0 amide bonds. The van der Waals surface area contributed by atoms with Gasteiger partial charge in [0.1, 0.15) is 0 Å². The molecule has 1 aliphatic heterocycles. The van der Waals surface area contributed by atoms with Gasteiger partial charge in [0.05, 0.1) is 11.1 Å². The van der Waals surface area contributed by atoms with E-state index in [-0.39, 0.29) is 12.8 Å². The highest BCUT2D eigenvalue weighted by Crippen LogP contribution is 2.41. The molecule has 1 atom stereocenters. The van der Waals surface area contributed by atoms with Crippen LogP contribution in [0.3, 0.4) is 0 Å². The highest BCUT2D eigenvalue weighted by atomic mass is 35.5. The van der Waals surface area contributed by atoms with Crippen molar-refractivity contribution in [3.63, 3.8) is 0 Å². The van der Waals surface area contributed by atoms with Crippen molar-refractivity contribution < 1.29 is 9.47 Å². The number of nitrogens with two attached hydrogens (primary N) is 1. The zero-order chi connectivity index (χ0) is 14.8. The molecule has 21 heavy (non-hydrogen) atoms. The molecule has 5 heteroatoms. The molecule has 3 rings (SSSR count). The highest BCUT2D eigenvalue weighted by Gasteiger charge is 2.21. The topological polar surface area (TPSA) is 56.5 Å². The highest BCUT2D eigenvalue weighted by molar-refractivity contribution is 6.32. The van der Waals surface area contributed by atoms with E-state index in [9.17, 15) is 0 Å². The fourth-order valence-corrected chi connectivity index (χ4v) is 2.59. The summed E-state index contributed by atoms with van der Waals surface area (Å²) < 4.78 is 10.7. The van der Waals surface area contributed by atoms with Gasteiger partial charge >= 0.3 is 0 Å². The largest absolute Gasteiger partial charge is 0.454 e. The van der Waals surface area contributed by atoms with Gasteiger partial charge in [-0.05, 0) is 36.8 Å². The Morgan fingerprint density at radius 1 is 1.24 bits per heavy atom. The van der Waals surface area contributed by atoms with Gasteiger partial charge in [0, 0.05) is 12.2 Å². The molecule has 2 aromatic carbocycles. The van der Waals surface area contributed by atoms with Crippen LogP contribution in [0.25, 0.3) is 0 Å². The van der Waals surface area contributed by atoms with Crippen molar-refractivity contribution in [2.75, 3.05) is 18.7 Å². The average molecular weight is 305 g/mol. The molecule has 0 bridgehead atoms. The molecule has 1 aliphatic rings. The summed E-state index contributed by atoms with van der Waals surface area (Å²) >= 11 is 6.23. The lowest BCUT2D eigenvalue weighted by molar-refractivity contribution is 0.174. The van der Waals surface area contributed by atoms with E-state index in [2.05, 4.69) is 24.4 Å². The summed E-state index contributed by atoms with van der Waals surface area (Å²) in [6.07, 6.45) is 0. The number of aryl methyl sites for hydroxylation is 1. The number of ether oxygens (including phenoxy) is 2. The standard InChI is InChI=1S/C16H17ClN2O2/c1-10-2-4-12(5-3-10)19-14(8-18)11-6-13(17)16-15(7-11)20-9-21-16/h2-7,14,19H,8-9,18H2,1H3. The Hall–Kier alpha value is -1.91. The van der Waals surface area contributed by atoms with E-state index < -0.39 is 0 Å². The van der Waals surface area contributed by atoms with Crippen LogP contribution < -0.4 is 20.5 Å². The molecule has 4 nitrogen and oxygen atoms in total. The molecule has 1 heterocycles. The van der Waals surface area contributed by atoms with Gasteiger partial charge in [-0.15, -0.1) is 0 Å². The van der Waals surface area contributed by atoms with Crippen molar-refractivity contribution in [1.82, 2.24) is 0 Å². The minimum atomic E-state index is -0.0419. The third-order valence-corrected chi connectivity index (χ3v) is 3.76. The third kappa shape index (κ3) is 2.91. The van der Waals surface area contributed by atoms with Crippen molar-refractivity contribution in [3.05, 3.63) is 52.5 Å². The summed E-state index contributed by atoms with van der Waals surface area (Å²) in [4.78, 5) is 0. The minimum absolute atomic E-state index is 0.0419. The third-order valence-electron chi connectivity index (χ3n) is 3.48. The molecule has 0 spiro atoms. The second kappa shape index (κ2) is 5.84. The number of nitrogens with one attached hydrogen (secondary N) is 1. The first-order valence-electron chi connectivity index (χ1n) is 6.79. The van der Waals surface area contributed by atoms with Crippen molar-refractivity contribution in [2.24, 2.45) is 5.73 Å². The maximum atomic E-state index is 6.23. The summed E-state index contributed by atoms with van der Waals surface area (Å²) in [5.41, 5.74) is 9.12. The summed E-state index contributed by atoms with van der Waals surface area (Å²) in [6.45, 7) is 2.71. The molecule has 0 fully saturated rings. The normalized spacial score (nSPS) is 14.0. The molecule has 0 radical (unpaired) electrons. The SMILES string of the molecule is Cc1ccc(NC(CN)c2cc(Cl)c3c(c2)OCO3)cc1. The summed E-state index contributed by atoms with van der Waals surface area (Å²) in [5.74, 6) is 1.27. The predicted molar refractivity (Wildman–Crippen MR) is 84.2 cm³/mol. The Balaban J connectivity index is 1.86. The van der Waals surface area contributed by atoms with Crippen LogP contribution in [-0.4, -0.2) is 13.3 Å². The first kappa shape index (κ1) is 14.0. The molecule has 3 N–H and O–H groups in total. The van der Waals surface area contributed by atoms with Gasteiger partial charge in [0.2, 0.25) is 6.79 Å². The lowest BCUT2D eigenvalue weighted by Crippen LogP contribution is -2.20. The van der Waals surface area contributed by atoms with E-state index in [1.807, 2.05) is 24.3 Å². The van der Waals surface area contributed by atoms with Crippen LogP contribution in [0, 0.1) is 6.92 Å². The maximum Gasteiger partial charge on any atom is 0.231 e. The second-order valence-electron chi connectivity index (χ2n) is 5.04. The van der Waals surface area contributed by atoms with Gasteiger partial charge in [-0.2, -0.15) is 0 Å². The maximum absolute atomic E-state index is 6.23.